The molecule has 0 aromatic carbocycles. The SMILES string of the molecule is CN(CCC1CC(=O)CN1)C1COC1. The van der Waals surface area contributed by atoms with E-state index in [0.29, 0.717) is 24.4 Å². The molecular weight excluding hydrogens is 180 g/mol. The van der Waals surface area contributed by atoms with Gasteiger partial charge in [0.2, 0.25) is 0 Å². The van der Waals surface area contributed by atoms with E-state index in [9.17, 15) is 4.79 Å². The highest BCUT2D eigenvalue weighted by Crippen LogP contribution is 2.11. The lowest BCUT2D eigenvalue weighted by molar-refractivity contribution is -0.116. The quantitative estimate of drug-likeness (QED) is 0.669. The molecule has 1 unspecified atom stereocenters. The Morgan fingerprint density at radius 1 is 1.57 bits per heavy atom. The molecule has 1 atom stereocenters. The number of likely N-dealkylation sites (N-methyl/N-ethyl adjacent to an activating group) is 1. The van der Waals surface area contributed by atoms with Crippen LogP contribution >= 0.6 is 0 Å². The second-order valence-corrected chi connectivity index (χ2v) is 4.28. The fourth-order valence-corrected chi connectivity index (χ4v) is 1.90. The Morgan fingerprint density at radius 3 is 2.86 bits per heavy atom. The highest BCUT2D eigenvalue weighted by Gasteiger charge is 2.25. The molecule has 14 heavy (non-hydrogen) atoms. The minimum atomic E-state index is 0.352. The fraction of sp³-hybridized carbons (Fsp3) is 0.900. The number of nitrogens with one attached hydrogen (secondary N) is 1. The van der Waals surface area contributed by atoms with Crippen molar-refractivity contribution in [3.8, 4) is 0 Å². The van der Waals surface area contributed by atoms with Crippen LogP contribution in [0.3, 0.4) is 0 Å². The summed E-state index contributed by atoms with van der Waals surface area (Å²) in [5.74, 6) is 0.352. The average Bonchev–Trinajstić information content (AvgIpc) is 2.45. The molecule has 0 radical (unpaired) electrons. The van der Waals surface area contributed by atoms with Gasteiger partial charge in [0, 0.05) is 12.5 Å². The largest absolute Gasteiger partial charge is 0.378 e. The van der Waals surface area contributed by atoms with Crippen molar-refractivity contribution in [2.45, 2.75) is 24.9 Å². The van der Waals surface area contributed by atoms with Crippen molar-refractivity contribution in [1.29, 1.82) is 0 Å². The third kappa shape index (κ3) is 2.32. The summed E-state index contributed by atoms with van der Waals surface area (Å²) in [5.41, 5.74) is 0. The molecule has 4 heteroatoms. The smallest absolute Gasteiger partial charge is 0.148 e. The summed E-state index contributed by atoms with van der Waals surface area (Å²) in [4.78, 5) is 13.3. The summed E-state index contributed by atoms with van der Waals surface area (Å²) in [6.45, 7) is 3.36. The van der Waals surface area contributed by atoms with E-state index in [1.165, 1.54) is 0 Å². The summed E-state index contributed by atoms with van der Waals surface area (Å²) >= 11 is 0. The van der Waals surface area contributed by atoms with Crippen molar-refractivity contribution in [2.24, 2.45) is 0 Å². The first-order chi connectivity index (χ1) is 6.75. The van der Waals surface area contributed by atoms with Crippen LogP contribution in [0.1, 0.15) is 12.8 Å². The number of hydrogen-bond acceptors (Lipinski definition) is 4. The number of hydrogen-bond donors (Lipinski definition) is 1. The second-order valence-electron chi connectivity index (χ2n) is 4.28. The van der Waals surface area contributed by atoms with Gasteiger partial charge in [0.25, 0.3) is 0 Å². The summed E-state index contributed by atoms with van der Waals surface area (Å²) in [6, 6.07) is 1.01. The highest BCUT2D eigenvalue weighted by atomic mass is 16.5. The lowest BCUT2D eigenvalue weighted by Crippen LogP contribution is -2.48. The van der Waals surface area contributed by atoms with Gasteiger partial charge in [-0.1, -0.05) is 0 Å². The Morgan fingerprint density at radius 2 is 2.36 bits per heavy atom. The fourth-order valence-electron chi connectivity index (χ4n) is 1.90. The van der Waals surface area contributed by atoms with Crippen molar-refractivity contribution in [1.82, 2.24) is 10.2 Å². The third-order valence-electron chi connectivity index (χ3n) is 3.14. The van der Waals surface area contributed by atoms with Gasteiger partial charge >= 0.3 is 0 Å². The number of nitrogens with zero attached hydrogens (tertiary/aromatic N) is 1. The van der Waals surface area contributed by atoms with Crippen molar-refractivity contribution in [2.75, 3.05) is 33.4 Å². The number of Topliss-reactive ketones (excluding diaryl/α,β-unsaturated/α-hetero) is 1. The molecule has 0 saturated carbocycles. The van der Waals surface area contributed by atoms with Crippen molar-refractivity contribution >= 4 is 5.78 Å². The molecule has 0 bridgehead atoms. The molecule has 0 aromatic rings. The van der Waals surface area contributed by atoms with Gasteiger partial charge in [0.1, 0.15) is 5.78 Å². The van der Waals surface area contributed by atoms with Crippen LogP contribution in [-0.2, 0) is 9.53 Å². The minimum Gasteiger partial charge on any atom is -0.378 e. The molecule has 0 aliphatic carbocycles. The van der Waals surface area contributed by atoms with E-state index in [4.69, 9.17) is 4.74 Å². The second kappa shape index (κ2) is 4.38. The van der Waals surface area contributed by atoms with E-state index in [2.05, 4.69) is 17.3 Å². The van der Waals surface area contributed by atoms with Gasteiger partial charge in [0.05, 0.1) is 25.8 Å². The number of ketones is 1. The first-order valence-corrected chi connectivity index (χ1v) is 5.29. The standard InChI is InChI=1S/C10H18N2O2/c1-12(9-6-14-7-9)3-2-8-4-10(13)5-11-8/h8-9,11H,2-7H2,1H3. The summed E-state index contributed by atoms with van der Waals surface area (Å²) < 4.78 is 5.13. The molecule has 1 N–H and O–H groups in total. The zero-order chi connectivity index (χ0) is 9.97. The van der Waals surface area contributed by atoms with Gasteiger partial charge in [-0.3, -0.25) is 9.69 Å². The lowest BCUT2D eigenvalue weighted by Gasteiger charge is -2.35. The predicted molar refractivity (Wildman–Crippen MR) is 53.3 cm³/mol. The molecule has 2 aliphatic heterocycles. The predicted octanol–water partition coefficient (Wildman–Crippen LogP) is -0.362. The Labute approximate surface area is 84.6 Å². The molecule has 0 spiro atoms. The molecule has 2 saturated heterocycles. The van der Waals surface area contributed by atoms with E-state index in [1.54, 1.807) is 0 Å². The van der Waals surface area contributed by atoms with Crippen molar-refractivity contribution in [3.63, 3.8) is 0 Å². The van der Waals surface area contributed by atoms with Crippen LogP contribution in [0.25, 0.3) is 0 Å². The molecule has 2 rings (SSSR count). The molecular formula is C10H18N2O2. The van der Waals surface area contributed by atoms with Crippen LogP contribution in [-0.4, -0.2) is 56.1 Å². The molecule has 0 aromatic heterocycles. The van der Waals surface area contributed by atoms with Crippen LogP contribution in [0.2, 0.25) is 0 Å². The van der Waals surface area contributed by atoms with Gasteiger partial charge in [-0.15, -0.1) is 0 Å². The Hall–Kier alpha value is -0.450. The van der Waals surface area contributed by atoms with Gasteiger partial charge < -0.3 is 10.1 Å². The summed E-state index contributed by atoms with van der Waals surface area (Å²) in [7, 11) is 2.13. The van der Waals surface area contributed by atoms with E-state index in [0.717, 1.165) is 32.6 Å². The van der Waals surface area contributed by atoms with Crippen LogP contribution in [0.15, 0.2) is 0 Å². The molecule has 2 heterocycles. The maximum atomic E-state index is 11.0. The summed E-state index contributed by atoms with van der Waals surface area (Å²) in [5, 5.41) is 3.23. The Balaban J connectivity index is 1.63. The van der Waals surface area contributed by atoms with Crippen LogP contribution in [0.5, 0.6) is 0 Å². The molecule has 2 fully saturated rings. The van der Waals surface area contributed by atoms with E-state index >= 15 is 0 Å². The normalized spacial score (nSPS) is 28.4. The topological polar surface area (TPSA) is 41.6 Å². The summed E-state index contributed by atoms with van der Waals surface area (Å²) in [6.07, 6.45) is 1.79. The van der Waals surface area contributed by atoms with Crippen LogP contribution in [0.4, 0.5) is 0 Å². The Kier molecular flexibility index (Phi) is 3.15. The van der Waals surface area contributed by atoms with E-state index in [1.807, 2.05) is 0 Å². The molecule has 2 aliphatic rings. The van der Waals surface area contributed by atoms with Crippen molar-refractivity contribution < 1.29 is 9.53 Å². The molecule has 0 amide bonds. The number of carbonyl (C=O) groups excluding carboxylic acids is 1. The van der Waals surface area contributed by atoms with E-state index in [-0.39, 0.29) is 0 Å². The Bertz CT molecular complexity index is 216. The monoisotopic (exact) mass is 198 g/mol. The van der Waals surface area contributed by atoms with Gasteiger partial charge in [0.15, 0.2) is 0 Å². The maximum Gasteiger partial charge on any atom is 0.148 e. The average molecular weight is 198 g/mol. The minimum absolute atomic E-state index is 0.352. The van der Waals surface area contributed by atoms with Gasteiger partial charge in [-0.05, 0) is 20.0 Å². The lowest BCUT2D eigenvalue weighted by atomic mass is 10.1. The van der Waals surface area contributed by atoms with Gasteiger partial charge in [-0.2, -0.15) is 0 Å². The third-order valence-corrected chi connectivity index (χ3v) is 3.14. The first-order valence-electron chi connectivity index (χ1n) is 5.29. The van der Waals surface area contributed by atoms with Crippen molar-refractivity contribution in [3.05, 3.63) is 0 Å². The zero-order valence-electron chi connectivity index (χ0n) is 8.66. The maximum absolute atomic E-state index is 11.0. The van der Waals surface area contributed by atoms with Crippen LogP contribution < -0.4 is 5.32 Å². The van der Waals surface area contributed by atoms with E-state index < -0.39 is 0 Å². The zero-order valence-corrected chi connectivity index (χ0v) is 8.66. The number of rotatable bonds is 4. The first kappa shape index (κ1) is 10.1. The molecule has 80 valence electrons. The van der Waals surface area contributed by atoms with Crippen LogP contribution in [0, 0.1) is 0 Å². The number of ether oxygens (including phenoxy) is 1. The number of carbonyl (C=O) groups is 1. The van der Waals surface area contributed by atoms with Gasteiger partial charge in [-0.25, -0.2) is 0 Å². The highest BCUT2D eigenvalue weighted by molar-refractivity contribution is 5.83. The molecule has 4 nitrogen and oxygen atoms in total.